The summed E-state index contributed by atoms with van der Waals surface area (Å²) in [6.07, 6.45) is 3.82. The van der Waals surface area contributed by atoms with Crippen LogP contribution in [0, 0.1) is 5.82 Å². The van der Waals surface area contributed by atoms with E-state index in [1.807, 2.05) is 36.4 Å². The number of aromatic nitrogens is 1. The van der Waals surface area contributed by atoms with Gasteiger partial charge in [0.15, 0.2) is 0 Å². The van der Waals surface area contributed by atoms with Crippen LogP contribution in [0.2, 0.25) is 0 Å². The number of phenols is 1. The molecule has 1 aliphatic rings. The number of aromatic hydroxyl groups is 1. The summed E-state index contributed by atoms with van der Waals surface area (Å²) in [6, 6.07) is 23.2. The minimum absolute atomic E-state index is 0.103. The second-order valence-corrected chi connectivity index (χ2v) is 7.93. The number of para-hydroxylation sites is 1. The van der Waals surface area contributed by atoms with Crippen LogP contribution in [-0.2, 0) is 0 Å². The molecule has 2 N–H and O–H groups in total. The van der Waals surface area contributed by atoms with E-state index >= 15 is 0 Å². The lowest BCUT2D eigenvalue weighted by Crippen LogP contribution is -2.31. The van der Waals surface area contributed by atoms with Crippen LogP contribution in [0.1, 0.15) is 23.6 Å². The Balaban J connectivity index is 1.44. The number of nitrogens with one attached hydrogen (secondary N) is 1. The molecule has 3 aromatic carbocycles. The highest BCUT2D eigenvalue weighted by atomic mass is 19.1. The average molecular weight is 452 g/mol. The van der Waals surface area contributed by atoms with Crippen LogP contribution in [0.25, 0.3) is 11.1 Å². The largest absolute Gasteiger partial charge is 0.508 e. The fourth-order valence-corrected chi connectivity index (χ4v) is 4.02. The van der Waals surface area contributed by atoms with Gasteiger partial charge in [-0.1, -0.05) is 48.5 Å². The van der Waals surface area contributed by atoms with Gasteiger partial charge in [-0.2, -0.15) is 5.10 Å². The van der Waals surface area contributed by atoms with Crippen LogP contribution < -0.4 is 5.32 Å². The second kappa shape index (κ2) is 9.15. The molecular weight excluding hydrogens is 431 g/mol. The number of urea groups is 1. The first kappa shape index (κ1) is 21.3. The van der Waals surface area contributed by atoms with Gasteiger partial charge in [-0.3, -0.25) is 4.98 Å². The van der Waals surface area contributed by atoms with Crippen molar-refractivity contribution in [1.29, 1.82) is 0 Å². The van der Waals surface area contributed by atoms with Crippen LogP contribution >= 0.6 is 0 Å². The van der Waals surface area contributed by atoms with E-state index in [-0.39, 0.29) is 11.6 Å². The van der Waals surface area contributed by atoms with E-state index in [1.165, 1.54) is 17.1 Å². The summed E-state index contributed by atoms with van der Waals surface area (Å²) in [4.78, 5) is 17.5. The highest BCUT2D eigenvalue weighted by Gasteiger charge is 2.34. The molecule has 1 atom stereocenters. The Morgan fingerprint density at radius 1 is 0.941 bits per heavy atom. The van der Waals surface area contributed by atoms with E-state index in [0.717, 1.165) is 16.7 Å². The zero-order valence-corrected chi connectivity index (χ0v) is 18.1. The number of pyridine rings is 1. The molecule has 0 saturated heterocycles. The summed E-state index contributed by atoms with van der Waals surface area (Å²) in [5.74, 6) is -0.203. The maximum Gasteiger partial charge on any atom is 0.342 e. The Bertz CT molecular complexity index is 1360. The quantitative estimate of drug-likeness (QED) is 0.400. The van der Waals surface area contributed by atoms with E-state index < -0.39 is 12.1 Å². The van der Waals surface area contributed by atoms with E-state index in [4.69, 9.17) is 0 Å². The number of anilines is 1. The molecule has 168 valence electrons. The fourth-order valence-electron chi connectivity index (χ4n) is 4.02. The normalized spacial score (nSPS) is 15.1. The summed E-state index contributed by atoms with van der Waals surface area (Å²) in [7, 11) is 0. The second-order valence-electron chi connectivity index (χ2n) is 7.93. The van der Waals surface area contributed by atoms with E-state index in [0.29, 0.717) is 23.4 Å². The van der Waals surface area contributed by atoms with Crippen LogP contribution in [0.3, 0.4) is 0 Å². The standard InChI is InChI=1S/C27H21FN4O2/c28-21-12-10-18(11-13-21)19-5-3-7-22(15-19)30-27(34)32-25(23-8-1-2-9-26(23)33)16-24(31-32)20-6-4-14-29-17-20/h1-15,17,25,33H,16H2,(H,30,34). The lowest BCUT2D eigenvalue weighted by molar-refractivity contribution is 0.199. The molecule has 1 aliphatic heterocycles. The molecule has 4 aromatic rings. The third kappa shape index (κ3) is 4.36. The predicted molar refractivity (Wildman–Crippen MR) is 129 cm³/mol. The molecule has 1 aromatic heterocycles. The molecule has 0 saturated carbocycles. The minimum atomic E-state index is -0.475. The van der Waals surface area contributed by atoms with Crippen molar-refractivity contribution in [3.05, 3.63) is 114 Å². The van der Waals surface area contributed by atoms with E-state index in [9.17, 15) is 14.3 Å². The van der Waals surface area contributed by atoms with Gasteiger partial charge in [-0.05, 0) is 47.5 Å². The Labute approximate surface area is 196 Å². The Kier molecular flexibility index (Phi) is 5.74. The highest BCUT2D eigenvalue weighted by Crippen LogP contribution is 2.37. The number of hydrazone groups is 1. The molecule has 7 heteroatoms. The van der Waals surface area contributed by atoms with Crippen LogP contribution in [0.5, 0.6) is 5.75 Å². The van der Waals surface area contributed by atoms with Gasteiger partial charge in [0, 0.05) is 35.6 Å². The summed E-state index contributed by atoms with van der Waals surface area (Å²) in [5, 5.41) is 19.3. The fraction of sp³-hybridized carbons (Fsp3) is 0.0741. The summed E-state index contributed by atoms with van der Waals surface area (Å²) >= 11 is 0. The minimum Gasteiger partial charge on any atom is -0.508 e. The number of rotatable bonds is 4. The monoisotopic (exact) mass is 452 g/mol. The number of phenolic OH excluding ortho intramolecular Hbond substituents is 1. The van der Waals surface area contributed by atoms with Gasteiger partial charge in [0.2, 0.25) is 0 Å². The van der Waals surface area contributed by atoms with E-state index in [2.05, 4.69) is 15.4 Å². The van der Waals surface area contributed by atoms with Crippen LogP contribution in [-0.4, -0.2) is 26.8 Å². The molecule has 2 heterocycles. The van der Waals surface area contributed by atoms with Crippen molar-refractivity contribution in [1.82, 2.24) is 9.99 Å². The van der Waals surface area contributed by atoms with Crippen molar-refractivity contribution >= 4 is 17.4 Å². The van der Waals surface area contributed by atoms with Gasteiger partial charge in [-0.15, -0.1) is 0 Å². The number of carbonyl (C=O) groups excluding carboxylic acids is 1. The first-order valence-electron chi connectivity index (χ1n) is 10.8. The molecular formula is C27H21FN4O2. The van der Waals surface area contributed by atoms with Gasteiger partial charge in [0.1, 0.15) is 11.6 Å². The molecule has 2 amide bonds. The molecule has 6 nitrogen and oxygen atoms in total. The van der Waals surface area contributed by atoms with Gasteiger partial charge in [0.05, 0.1) is 11.8 Å². The topological polar surface area (TPSA) is 77.8 Å². The molecule has 0 spiro atoms. The zero-order valence-electron chi connectivity index (χ0n) is 18.1. The number of hydrogen-bond acceptors (Lipinski definition) is 4. The number of carbonyl (C=O) groups is 1. The molecule has 0 radical (unpaired) electrons. The Morgan fingerprint density at radius 3 is 2.50 bits per heavy atom. The first-order chi connectivity index (χ1) is 16.6. The molecule has 34 heavy (non-hydrogen) atoms. The Hall–Kier alpha value is -4.52. The van der Waals surface area contributed by atoms with Gasteiger partial charge in [-0.25, -0.2) is 14.2 Å². The van der Waals surface area contributed by atoms with Crippen molar-refractivity contribution in [2.24, 2.45) is 5.10 Å². The van der Waals surface area contributed by atoms with Crippen LogP contribution in [0.15, 0.2) is 102 Å². The van der Waals surface area contributed by atoms with Gasteiger partial charge >= 0.3 is 6.03 Å². The zero-order chi connectivity index (χ0) is 23.5. The third-order valence-corrected chi connectivity index (χ3v) is 5.70. The van der Waals surface area contributed by atoms with Crippen molar-refractivity contribution in [3.63, 3.8) is 0 Å². The number of hydrogen-bond donors (Lipinski definition) is 2. The molecule has 1 unspecified atom stereocenters. The molecule has 0 bridgehead atoms. The van der Waals surface area contributed by atoms with Crippen molar-refractivity contribution < 1.29 is 14.3 Å². The number of halogens is 1. The maximum atomic E-state index is 13.3. The molecule has 5 rings (SSSR count). The van der Waals surface area contributed by atoms with Gasteiger partial charge < -0.3 is 10.4 Å². The highest BCUT2D eigenvalue weighted by molar-refractivity contribution is 6.04. The maximum absolute atomic E-state index is 13.3. The van der Waals surface area contributed by atoms with Crippen molar-refractivity contribution in [3.8, 4) is 16.9 Å². The first-order valence-corrected chi connectivity index (χ1v) is 10.8. The lowest BCUT2D eigenvalue weighted by Gasteiger charge is -2.23. The van der Waals surface area contributed by atoms with Crippen LogP contribution in [0.4, 0.5) is 14.9 Å². The number of amides is 2. The van der Waals surface area contributed by atoms with Gasteiger partial charge in [0.25, 0.3) is 0 Å². The number of benzene rings is 3. The molecule has 0 aliphatic carbocycles. The summed E-state index contributed by atoms with van der Waals surface area (Å²) in [5.41, 5.74) is 4.39. The molecule has 0 fully saturated rings. The third-order valence-electron chi connectivity index (χ3n) is 5.70. The van der Waals surface area contributed by atoms with E-state index in [1.54, 1.807) is 48.8 Å². The number of nitrogens with zero attached hydrogens (tertiary/aromatic N) is 3. The summed E-state index contributed by atoms with van der Waals surface area (Å²) < 4.78 is 13.3. The van der Waals surface area contributed by atoms with Crippen molar-refractivity contribution in [2.75, 3.05) is 5.32 Å². The average Bonchev–Trinajstić information content (AvgIpc) is 3.31. The summed E-state index contributed by atoms with van der Waals surface area (Å²) in [6.45, 7) is 0. The lowest BCUT2D eigenvalue weighted by atomic mass is 9.98. The SMILES string of the molecule is O=C(Nc1cccc(-c2ccc(F)cc2)c1)N1N=C(c2cccnc2)CC1c1ccccc1O. The van der Waals surface area contributed by atoms with Crippen molar-refractivity contribution in [2.45, 2.75) is 12.5 Å². The smallest absolute Gasteiger partial charge is 0.342 e. The Morgan fingerprint density at radius 2 is 1.74 bits per heavy atom. The predicted octanol–water partition coefficient (Wildman–Crippen LogP) is 5.98.